The van der Waals surface area contributed by atoms with Gasteiger partial charge in [0, 0.05) is 13.0 Å². The quantitative estimate of drug-likeness (QED) is 0.234. The van der Waals surface area contributed by atoms with Crippen LogP contribution < -0.4 is 5.32 Å². The molecule has 33 heavy (non-hydrogen) atoms. The van der Waals surface area contributed by atoms with Crippen LogP contribution in [0.4, 0.5) is 4.79 Å². The van der Waals surface area contributed by atoms with Gasteiger partial charge in [0.15, 0.2) is 0 Å². The van der Waals surface area contributed by atoms with Gasteiger partial charge in [-0.05, 0) is 31.9 Å². The fourth-order valence-electron chi connectivity index (χ4n) is 2.74. The molecule has 0 fully saturated rings. The van der Waals surface area contributed by atoms with Crippen molar-refractivity contribution >= 4 is 16.2 Å². The number of carbonyl (C=O) groups excluding carboxylic acids is 1. The molecule has 0 radical (unpaired) electrons. The number of alkyl carbamates (subject to hydrolysis) is 1. The van der Waals surface area contributed by atoms with Crippen molar-refractivity contribution in [1.82, 2.24) is 5.32 Å². The van der Waals surface area contributed by atoms with Crippen LogP contribution in [0.2, 0.25) is 0 Å². The van der Waals surface area contributed by atoms with Gasteiger partial charge in [-0.2, -0.15) is 8.42 Å². The molecule has 10 nitrogen and oxygen atoms in total. The van der Waals surface area contributed by atoms with E-state index in [2.05, 4.69) is 5.32 Å². The standard InChI is InChI=1S/C22H37NO9S/c1-19-6-4-5-7-20(19)18-22(2,3)32-21(24)23-8-9-28-10-11-29-12-13-30-14-15-31-16-17-33(25,26)27/h4-7H,8-18H2,1-3H3,(H,23,24)(H,25,26,27). The van der Waals surface area contributed by atoms with Gasteiger partial charge in [0.05, 0.1) is 58.6 Å². The molecule has 0 saturated carbocycles. The van der Waals surface area contributed by atoms with Gasteiger partial charge in [-0.3, -0.25) is 4.55 Å². The lowest BCUT2D eigenvalue weighted by atomic mass is 9.95. The van der Waals surface area contributed by atoms with Crippen molar-refractivity contribution in [2.45, 2.75) is 32.8 Å². The Morgan fingerprint density at radius 1 is 0.909 bits per heavy atom. The molecule has 0 bridgehead atoms. The second-order valence-corrected chi connectivity index (χ2v) is 9.49. The summed E-state index contributed by atoms with van der Waals surface area (Å²) in [6.07, 6.45) is 0.152. The lowest BCUT2D eigenvalue weighted by Crippen LogP contribution is -2.37. The molecule has 2 N–H and O–H groups in total. The van der Waals surface area contributed by atoms with E-state index in [4.69, 9.17) is 28.2 Å². The smallest absolute Gasteiger partial charge is 0.407 e. The summed E-state index contributed by atoms with van der Waals surface area (Å²) in [5, 5.41) is 2.68. The van der Waals surface area contributed by atoms with E-state index in [0.29, 0.717) is 52.6 Å². The van der Waals surface area contributed by atoms with Crippen LogP contribution in [0.1, 0.15) is 25.0 Å². The highest BCUT2D eigenvalue weighted by atomic mass is 32.2. The summed E-state index contributed by atoms with van der Waals surface area (Å²) in [6.45, 7) is 8.46. The van der Waals surface area contributed by atoms with Crippen LogP contribution >= 0.6 is 0 Å². The third-order valence-electron chi connectivity index (χ3n) is 4.36. The summed E-state index contributed by atoms with van der Waals surface area (Å²) in [4.78, 5) is 12.0. The van der Waals surface area contributed by atoms with Gasteiger partial charge in [0.2, 0.25) is 0 Å². The Bertz CT molecular complexity index is 784. The molecule has 1 rings (SSSR count). The minimum absolute atomic E-state index is 0.0756. The van der Waals surface area contributed by atoms with Crippen molar-refractivity contribution in [3.8, 4) is 0 Å². The number of benzene rings is 1. The van der Waals surface area contributed by atoms with Crippen LogP contribution in [-0.4, -0.2) is 89.8 Å². The molecule has 0 unspecified atom stereocenters. The number of rotatable bonds is 18. The number of carbonyl (C=O) groups is 1. The predicted molar refractivity (Wildman–Crippen MR) is 123 cm³/mol. The van der Waals surface area contributed by atoms with E-state index >= 15 is 0 Å². The van der Waals surface area contributed by atoms with Crippen molar-refractivity contribution in [1.29, 1.82) is 0 Å². The van der Waals surface area contributed by atoms with Crippen LogP contribution in [0.25, 0.3) is 0 Å². The molecule has 1 amide bonds. The molecule has 0 aromatic heterocycles. The molecule has 0 aliphatic carbocycles. The average Bonchev–Trinajstić information content (AvgIpc) is 2.71. The van der Waals surface area contributed by atoms with E-state index < -0.39 is 27.6 Å². The normalized spacial score (nSPS) is 12.0. The molecular weight excluding hydrogens is 454 g/mol. The van der Waals surface area contributed by atoms with Crippen molar-refractivity contribution < 1.29 is 41.4 Å². The Labute approximate surface area is 196 Å². The number of amides is 1. The summed E-state index contributed by atoms with van der Waals surface area (Å²) in [5.74, 6) is -0.432. The summed E-state index contributed by atoms with van der Waals surface area (Å²) in [6, 6.07) is 8.03. The molecule has 0 atom stereocenters. The minimum atomic E-state index is -3.99. The third-order valence-corrected chi connectivity index (χ3v) is 5.05. The molecule has 0 saturated heterocycles. The molecule has 0 aliphatic rings. The van der Waals surface area contributed by atoms with Crippen LogP contribution in [0.3, 0.4) is 0 Å². The molecule has 1 aromatic carbocycles. The first kappa shape index (κ1) is 29.3. The lowest BCUT2D eigenvalue weighted by molar-refractivity contribution is -0.000570. The van der Waals surface area contributed by atoms with Crippen molar-refractivity contribution in [2.75, 3.05) is 65.2 Å². The van der Waals surface area contributed by atoms with Gasteiger partial charge >= 0.3 is 6.09 Å². The van der Waals surface area contributed by atoms with Crippen LogP contribution in [0.15, 0.2) is 24.3 Å². The molecule has 0 spiro atoms. The van der Waals surface area contributed by atoms with E-state index in [1.807, 2.05) is 45.0 Å². The summed E-state index contributed by atoms with van der Waals surface area (Å²) in [5.41, 5.74) is 1.69. The van der Waals surface area contributed by atoms with E-state index in [9.17, 15) is 13.2 Å². The van der Waals surface area contributed by atoms with Gasteiger partial charge in [0.1, 0.15) is 5.60 Å². The number of ether oxygens (including phenoxy) is 5. The highest BCUT2D eigenvalue weighted by Gasteiger charge is 2.24. The maximum Gasteiger partial charge on any atom is 0.407 e. The summed E-state index contributed by atoms with van der Waals surface area (Å²) >= 11 is 0. The first-order valence-electron chi connectivity index (χ1n) is 10.9. The second kappa shape index (κ2) is 16.0. The number of hydrogen-bond acceptors (Lipinski definition) is 8. The molecule has 1 aromatic rings. The first-order valence-corrected chi connectivity index (χ1v) is 12.5. The Balaban J connectivity index is 1.94. The Morgan fingerprint density at radius 3 is 1.97 bits per heavy atom. The monoisotopic (exact) mass is 491 g/mol. The Morgan fingerprint density at radius 2 is 1.42 bits per heavy atom. The maximum atomic E-state index is 12.0. The molecule has 190 valence electrons. The Kier molecular flexibility index (Phi) is 14.2. The third kappa shape index (κ3) is 16.5. The zero-order valence-corrected chi connectivity index (χ0v) is 20.5. The van der Waals surface area contributed by atoms with Gasteiger partial charge < -0.3 is 29.0 Å². The topological polar surface area (TPSA) is 130 Å². The molecule has 0 heterocycles. The van der Waals surface area contributed by atoms with E-state index in [-0.39, 0.29) is 13.2 Å². The summed E-state index contributed by atoms with van der Waals surface area (Å²) in [7, 11) is -3.99. The zero-order chi connectivity index (χ0) is 24.6. The zero-order valence-electron chi connectivity index (χ0n) is 19.7. The highest BCUT2D eigenvalue weighted by Crippen LogP contribution is 2.19. The number of nitrogens with one attached hydrogen (secondary N) is 1. The SMILES string of the molecule is Cc1ccccc1CC(C)(C)OC(=O)NCCOCCOCCOCCOCCS(=O)(=O)O. The van der Waals surface area contributed by atoms with Crippen molar-refractivity contribution in [2.24, 2.45) is 0 Å². The highest BCUT2D eigenvalue weighted by molar-refractivity contribution is 7.85. The second-order valence-electron chi connectivity index (χ2n) is 7.91. The van der Waals surface area contributed by atoms with E-state index in [0.717, 1.165) is 5.56 Å². The van der Waals surface area contributed by atoms with Crippen molar-refractivity contribution in [3.05, 3.63) is 35.4 Å². The van der Waals surface area contributed by atoms with Crippen LogP contribution in [-0.2, 0) is 40.2 Å². The largest absolute Gasteiger partial charge is 0.443 e. The average molecular weight is 492 g/mol. The minimum Gasteiger partial charge on any atom is -0.443 e. The van der Waals surface area contributed by atoms with E-state index in [1.54, 1.807) is 0 Å². The fourth-order valence-corrected chi connectivity index (χ4v) is 3.07. The van der Waals surface area contributed by atoms with Gasteiger partial charge in [-0.15, -0.1) is 0 Å². The number of hydrogen-bond donors (Lipinski definition) is 2. The first-order chi connectivity index (χ1) is 15.6. The molecule has 11 heteroatoms. The van der Waals surface area contributed by atoms with Crippen LogP contribution in [0, 0.1) is 6.92 Å². The van der Waals surface area contributed by atoms with Gasteiger partial charge in [-0.1, -0.05) is 24.3 Å². The van der Waals surface area contributed by atoms with E-state index in [1.165, 1.54) is 5.56 Å². The van der Waals surface area contributed by atoms with Crippen LogP contribution in [0.5, 0.6) is 0 Å². The maximum absolute atomic E-state index is 12.0. The summed E-state index contributed by atoms with van der Waals surface area (Å²) < 4.78 is 56.1. The molecule has 0 aliphatic heterocycles. The fraction of sp³-hybridized carbons (Fsp3) is 0.682. The number of aryl methyl sites for hydroxylation is 1. The lowest BCUT2D eigenvalue weighted by Gasteiger charge is -2.26. The Hall–Kier alpha value is -1.76. The van der Waals surface area contributed by atoms with Gasteiger partial charge in [-0.25, -0.2) is 4.79 Å². The predicted octanol–water partition coefficient (Wildman–Crippen LogP) is 2.00. The van der Waals surface area contributed by atoms with Gasteiger partial charge in [0.25, 0.3) is 10.1 Å². The molecular formula is C22H37NO9S. The van der Waals surface area contributed by atoms with Crippen molar-refractivity contribution in [3.63, 3.8) is 0 Å².